The van der Waals surface area contributed by atoms with E-state index in [4.69, 9.17) is 0 Å². The zero-order valence-corrected chi connectivity index (χ0v) is 13.3. The second-order valence-corrected chi connectivity index (χ2v) is 7.41. The van der Waals surface area contributed by atoms with Gasteiger partial charge in [0.25, 0.3) is 0 Å². The predicted octanol–water partition coefficient (Wildman–Crippen LogP) is 2.07. The third-order valence-corrected chi connectivity index (χ3v) is 5.07. The Morgan fingerprint density at radius 2 is 2.29 bits per heavy atom. The molecule has 5 nitrogen and oxygen atoms in total. The number of aromatic nitrogens is 1. The largest absolute Gasteiger partial charge is 0.342 e. The first-order valence-corrected chi connectivity index (χ1v) is 8.42. The molecule has 114 valence electrons. The molecule has 1 aromatic rings. The highest BCUT2D eigenvalue weighted by atomic mass is 32.1. The van der Waals surface area contributed by atoms with Gasteiger partial charge in [0.05, 0.1) is 11.6 Å². The minimum Gasteiger partial charge on any atom is -0.342 e. The molecule has 2 aliphatic rings. The second-order valence-electron chi connectivity index (χ2n) is 6.33. The van der Waals surface area contributed by atoms with E-state index in [-0.39, 0.29) is 17.7 Å². The number of aryl methyl sites for hydroxylation is 2. The molecule has 1 atom stereocenters. The molecule has 1 aliphatic carbocycles. The van der Waals surface area contributed by atoms with Crippen LogP contribution in [0.25, 0.3) is 0 Å². The molecule has 0 saturated carbocycles. The van der Waals surface area contributed by atoms with Crippen molar-refractivity contribution >= 4 is 28.3 Å². The number of rotatable bonds is 4. The molecule has 0 bridgehead atoms. The monoisotopic (exact) mass is 307 g/mol. The number of thiazole rings is 1. The van der Waals surface area contributed by atoms with E-state index in [0.29, 0.717) is 24.0 Å². The SMILES string of the molecule is CC(C)CN1C[C@@H](C(=O)Nc2nc3c(s2)CCC3)CC1=O. The third-order valence-electron chi connectivity index (χ3n) is 4.00. The van der Waals surface area contributed by atoms with Crippen LogP contribution in [-0.4, -0.2) is 34.8 Å². The highest BCUT2D eigenvalue weighted by molar-refractivity contribution is 7.15. The number of carbonyl (C=O) groups excluding carboxylic acids is 2. The van der Waals surface area contributed by atoms with E-state index in [1.807, 2.05) is 0 Å². The van der Waals surface area contributed by atoms with Crippen LogP contribution in [0.5, 0.6) is 0 Å². The van der Waals surface area contributed by atoms with Crippen LogP contribution in [0.4, 0.5) is 5.13 Å². The molecule has 21 heavy (non-hydrogen) atoms. The van der Waals surface area contributed by atoms with Crippen LogP contribution in [0.15, 0.2) is 0 Å². The standard InChI is InChI=1S/C15H21N3O2S/c1-9(2)7-18-8-10(6-13(18)19)14(20)17-15-16-11-4-3-5-12(11)21-15/h9-10H,3-8H2,1-2H3,(H,16,17,20)/t10-/m0/s1. The van der Waals surface area contributed by atoms with E-state index in [2.05, 4.69) is 24.1 Å². The third kappa shape index (κ3) is 3.10. The predicted molar refractivity (Wildman–Crippen MR) is 82.3 cm³/mol. The smallest absolute Gasteiger partial charge is 0.231 e. The average Bonchev–Trinajstić information content (AvgIpc) is 3.04. The first-order valence-electron chi connectivity index (χ1n) is 7.60. The molecule has 2 heterocycles. The topological polar surface area (TPSA) is 62.3 Å². The number of anilines is 1. The van der Waals surface area contributed by atoms with E-state index in [0.717, 1.165) is 25.1 Å². The Hall–Kier alpha value is -1.43. The number of hydrogen-bond acceptors (Lipinski definition) is 4. The minimum atomic E-state index is -0.241. The van der Waals surface area contributed by atoms with Gasteiger partial charge in [0.2, 0.25) is 11.8 Å². The normalized spacial score (nSPS) is 21.2. The number of likely N-dealkylation sites (tertiary alicyclic amines) is 1. The molecule has 3 rings (SSSR count). The van der Waals surface area contributed by atoms with Gasteiger partial charge in [0.15, 0.2) is 5.13 Å². The molecular formula is C15H21N3O2S. The van der Waals surface area contributed by atoms with Crippen LogP contribution in [0, 0.1) is 11.8 Å². The Morgan fingerprint density at radius 1 is 1.48 bits per heavy atom. The molecule has 0 spiro atoms. The van der Waals surface area contributed by atoms with Crippen molar-refractivity contribution in [2.45, 2.75) is 39.5 Å². The summed E-state index contributed by atoms with van der Waals surface area (Å²) in [4.78, 5) is 31.8. The fourth-order valence-corrected chi connectivity index (χ4v) is 4.07. The van der Waals surface area contributed by atoms with Gasteiger partial charge in [0, 0.05) is 24.4 Å². The molecule has 1 saturated heterocycles. The van der Waals surface area contributed by atoms with Gasteiger partial charge >= 0.3 is 0 Å². The zero-order valence-electron chi connectivity index (χ0n) is 12.5. The molecule has 1 aromatic heterocycles. The van der Waals surface area contributed by atoms with Crippen molar-refractivity contribution in [1.82, 2.24) is 9.88 Å². The van der Waals surface area contributed by atoms with E-state index < -0.39 is 0 Å². The Bertz CT molecular complexity index is 546. The Labute approximate surface area is 128 Å². The van der Waals surface area contributed by atoms with Crippen LogP contribution < -0.4 is 5.32 Å². The van der Waals surface area contributed by atoms with Crippen molar-refractivity contribution in [2.24, 2.45) is 11.8 Å². The molecule has 6 heteroatoms. The Balaban J connectivity index is 1.59. The Kier molecular flexibility index (Phi) is 3.97. The van der Waals surface area contributed by atoms with E-state index in [9.17, 15) is 9.59 Å². The maximum absolute atomic E-state index is 12.3. The zero-order chi connectivity index (χ0) is 15.0. The molecule has 1 N–H and O–H groups in total. The summed E-state index contributed by atoms with van der Waals surface area (Å²) in [5.74, 6) is 0.209. The first kappa shape index (κ1) is 14.5. The average molecular weight is 307 g/mol. The van der Waals surface area contributed by atoms with Gasteiger partial charge in [-0.1, -0.05) is 13.8 Å². The molecule has 1 fully saturated rings. The van der Waals surface area contributed by atoms with Crippen molar-refractivity contribution < 1.29 is 9.59 Å². The number of fused-ring (bicyclic) bond motifs is 1. The first-order chi connectivity index (χ1) is 10.0. The summed E-state index contributed by atoms with van der Waals surface area (Å²) in [7, 11) is 0. The fourth-order valence-electron chi connectivity index (χ4n) is 3.02. The van der Waals surface area contributed by atoms with Gasteiger partial charge in [-0.25, -0.2) is 4.98 Å². The van der Waals surface area contributed by atoms with E-state index in [1.54, 1.807) is 16.2 Å². The van der Waals surface area contributed by atoms with Crippen LogP contribution in [0.3, 0.4) is 0 Å². The number of nitrogens with zero attached hydrogens (tertiary/aromatic N) is 2. The van der Waals surface area contributed by atoms with Crippen LogP contribution >= 0.6 is 11.3 Å². The van der Waals surface area contributed by atoms with Gasteiger partial charge in [-0.2, -0.15) is 0 Å². The van der Waals surface area contributed by atoms with Crippen molar-refractivity contribution in [1.29, 1.82) is 0 Å². The summed E-state index contributed by atoms with van der Waals surface area (Å²) in [6.45, 7) is 5.43. The second kappa shape index (κ2) is 5.75. The van der Waals surface area contributed by atoms with Crippen molar-refractivity contribution in [3.05, 3.63) is 10.6 Å². The quantitative estimate of drug-likeness (QED) is 0.926. The van der Waals surface area contributed by atoms with Crippen molar-refractivity contribution in [3.8, 4) is 0 Å². The summed E-state index contributed by atoms with van der Waals surface area (Å²) in [5, 5.41) is 3.59. The summed E-state index contributed by atoms with van der Waals surface area (Å²) in [5.41, 5.74) is 1.14. The minimum absolute atomic E-state index is 0.0676. The van der Waals surface area contributed by atoms with Crippen LogP contribution in [0.2, 0.25) is 0 Å². The lowest BCUT2D eigenvalue weighted by atomic mass is 10.1. The summed E-state index contributed by atoms with van der Waals surface area (Å²) in [6, 6.07) is 0. The highest BCUT2D eigenvalue weighted by Gasteiger charge is 2.34. The highest BCUT2D eigenvalue weighted by Crippen LogP contribution is 2.31. The van der Waals surface area contributed by atoms with E-state index >= 15 is 0 Å². The number of nitrogens with one attached hydrogen (secondary N) is 1. The molecule has 2 amide bonds. The van der Waals surface area contributed by atoms with Gasteiger partial charge < -0.3 is 10.2 Å². The van der Waals surface area contributed by atoms with Gasteiger partial charge in [-0.3, -0.25) is 9.59 Å². The summed E-state index contributed by atoms with van der Waals surface area (Å²) in [6.07, 6.45) is 3.59. The number of hydrogen-bond donors (Lipinski definition) is 1. The number of amides is 2. The molecule has 0 unspecified atom stereocenters. The molecule has 1 aliphatic heterocycles. The van der Waals surface area contributed by atoms with Gasteiger partial charge in [0.1, 0.15) is 0 Å². The van der Waals surface area contributed by atoms with Crippen molar-refractivity contribution in [3.63, 3.8) is 0 Å². The molecule has 0 radical (unpaired) electrons. The van der Waals surface area contributed by atoms with Gasteiger partial charge in [-0.15, -0.1) is 11.3 Å². The molecular weight excluding hydrogens is 286 g/mol. The van der Waals surface area contributed by atoms with Gasteiger partial charge in [-0.05, 0) is 25.2 Å². The lowest BCUT2D eigenvalue weighted by Crippen LogP contribution is -2.31. The Morgan fingerprint density at radius 3 is 3.00 bits per heavy atom. The number of carbonyl (C=O) groups is 2. The summed E-state index contributed by atoms with van der Waals surface area (Å²) >= 11 is 1.58. The summed E-state index contributed by atoms with van der Waals surface area (Å²) < 4.78 is 0. The lowest BCUT2D eigenvalue weighted by Gasteiger charge is -2.18. The maximum atomic E-state index is 12.3. The lowest BCUT2D eigenvalue weighted by molar-refractivity contribution is -0.128. The fraction of sp³-hybridized carbons (Fsp3) is 0.667. The van der Waals surface area contributed by atoms with Crippen LogP contribution in [0.1, 0.15) is 37.3 Å². The van der Waals surface area contributed by atoms with Crippen molar-refractivity contribution in [2.75, 3.05) is 18.4 Å². The molecule has 0 aromatic carbocycles. The van der Waals surface area contributed by atoms with Crippen LogP contribution in [-0.2, 0) is 22.4 Å². The van der Waals surface area contributed by atoms with E-state index in [1.165, 1.54) is 11.3 Å². The maximum Gasteiger partial charge on any atom is 0.231 e.